The second kappa shape index (κ2) is 4.56. The number of rotatable bonds is 3. The van der Waals surface area contributed by atoms with Crippen LogP contribution in [0.5, 0.6) is 0 Å². The fourth-order valence-corrected chi connectivity index (χ4v) is 2.40. The van der Waals surface area contributed by atoms with E-state index in [1.807, 2.05) is 26.0 Å². The standard InChI is InChI=1S/C15H19NO2/c1-9(2)5-6-16-12-8-10(3)7-11(4)13(12)14(17)15(16)18/h7-9H,5-6H2,1-4H3. The summed E-state index contributed by atoms with van der Waals surface area (Å²) in [6.45, 7) is 8.73. The van der Waals surface area contributed by atoms with Gasteiger partial charge in [-0.3, -0.25) is 9.59 Å². The number of carbonyl (C=O) groups is 2. The average Bonchev–Trinajstić information content (AvgIpc) is 2.49. The van der Waals surface area contributed by atoms with Crippen molar-refractivity contribution in [2.45, 2.75) is 34.1 Å². The van der Waals surface area contributed by atoms with Gasteiger partial charge in [-0.25, -0.2) is 0 Å². The quantitative estimate of drug-likeness (QED) is 0.768. The maximum absolute atomic E-state index is 12.0. The molecule has 2 rings (SSSR count). The van der Waals surface area contributed by atoms with Gasteiger partial charge in [0.1, 0.15) is 0 Å². The van der Waals surface area contributed by atoms with E-state index < -0.39 is 0 Å². The maximum atomic E-state index is 12.0. The molecule has 0 radical (unpaired) electrons. The normalized spacial score (nSPS) is 14.6. The van der Waals surface area contributed by atoms with Crippen molar-refractivity contribution in [3.63, 3.8) is 0 Å². The molecule has 1 aromatic carbocycles. The van der Waals surface area contributed by atoms with Gasteiger partial charge in [-0.1, -0.05) is 19.9 Å². The molecule has 18 heavy (non-hydrogen) atoms. The topological polar surface area (TPSA) is 37.4 Å². The number of nitrogens with zero attached hydrogens (tertiary/aromatic N) is 1. The highest BCUT2D eigenvalue weighted by molar-refractivity contribution is 6.52. The molecule has 0 saturated heterocycles. The summed E-state index contributed by atoms with van der Waals surface area (Å²) in [5.74, 6) is -0.214. The molecule has 1 aliphatic heterocycles. The predicted molar refractivity (Wildman–Crippen MR) is 72.1 cm³/mol. The van der Waals surface area contributed by atoms with Gasteiger partial charge in [0.2, 0.25) is 0 Å². The lowest BCUT2D eigenvalue weighted by molar-refractivity contribution is -0.114. The first kappa shape index (κ1) is 12.8. The van der Waals surface area contributed by atoms with E-state index in [0.717, 1.165) is 23.2 Å². The zero-order chi connectivity index (χ0) is 13.4. The van der Waals surface area contributed by atoms with Crippen molar-refractivity contribution >= 4 is 17.4 Å². The van der Waals surface area contributed by atoms with E-state index in [1.165, 1.54) is 0 Å². The molecule has 0 aliphatic carbocycles. The summed E-state index contributed by atoms with van der Waals surface area (Å²) in [6, 6.07) is 3.89. The second-order valence-electron chi connectivity index (χ2n) is 5.44. The van der Waals surface area contributed by atoms with Gasteiger partial charge in [0.25, 0.3) is 11.7 Å². The lowest BCUT2D eigenvalue weighted by Gasteiger charge is -2.18. The Morgan fingerprint density at radius 1 is 1.17 bits per heavy atom. The molecule has 0 unspecified atom stereocenters. The second-order valence-corrected chi connectivity index (χ2v) is 5.44. The lowest BCUT2D eigenvalue weighted by Crippen LogP contribution is -2.31. The summed E-state index contributed by atoms with van der Waals surface area (Å²) in [7, 11) is 0. The average molecular weight is 245 g/mol. The Bertz CT molecular complexity index is 517. The molecule has 3 heteroatoms. The van der Waals surface area contributed by atoms with Crippen LogP contribution in [0.3, 0.4) is 0 Å². The molecule has 3 nitrogen and oxygen atoms in total. The molecule has 1 aromatic rings. The zero-order valence-electron chi connectivity index (χ0n) is 11.4. The first-order valence-electron chi connectivity index (χ1n) is 6.39. The molecule has 0 saturated carbocycles. The summed E-state index contributed by atoms with van der Waals surface area (Å²) in [5, 5.41) is 0. The van der Waals surface area contributed by atoms with Crippen LogP contribution in [0.1, 0.15) is 41.8 Å². The number of Topliss-reactive ketones (excluding diaryl/α,β-unsaturated/α-hetero) is 1. The Labute approximate surface area is 108 Å². The number of fused-ring (bicyclic) bond motifs is 1. The largest absolute Gasteiger partial charge is 0.305 e. The number of hydrogen-bond acceptors (Lipinski definition) is 2. The van der Waals surface area contributed by atoms with Crippen LogP contribution in [-0.4, -0.2) is 18.2 Å². The minimum absolute atomic E-state index is 0.355. The highest BCUT2D eigenvalue weighted by Crippen LogP contribution is 2.33. The van der Waals surface area contributed by atoms with Crippen molar-refractivity contribution in [2.24, 2.45) is 5.92 Å². The van der Waals surface area contributed by atoms with Crippen LogP contribution in [-0.2, 0) is 4.79 Å². The third-order valence-electron chi connectivity index (χ3n) is 3.35. The molecule has 96 valence electrons. The van der Waals surface area contributed by atoms with Gasteiger partial charge in [-0.15, -0.1) is 0 Å². The number of hydrogen-bond donors (Lipinski definition) is 0. The fraction of sp³-hybridized carbons (Fsp3) is 0.467. The molecule has 0 aromatic heterocycles. The van der Waals surface area contributed by atoms with Crippen molar-refractivity contribution in [3.8, 4) is 0 Å². The first-order chi connectivity index (χ1) is 8.41. The van der Waals surface area contributed by atoms with Gasteiger partial charge in [0, 0.05) is 6.54 Å². The van der Waals surface area contributed by atoms with Crippen molar-refractivity contribution in [1.82, 2.24) is 0 Å². The van der Waals surface area contributed by atoms with E-state index in [4.69, 9.17) is 0 Å². The smallest absolute Gasteiger partial charge is 0.299 e. The fourth-order valence-electron chi connectivity index (χ4n) is 2.40. The Kier molecular flexibility index (Phi) is 3.24. The third kappa shape index (κ3) is 2.05. The maximum Gasteiger partial charge on any atom is 0.299 e. The molecule has 1 heterocycles. The van der Waals surface area contributed by atoms with E-state index in [0.29, 0.717) is 18.0 Å². The van der Waals surface area contributed by atoms with Crippen molar-refractivity contribution in [3.05, 3.63) is 28.8 Å². The van der Waals surface area contributed by atoms with E-state index in [-0.39, 0.29) is 11.7 Å². The molecular formula is C15H19NO2. The summed E-state index contributed by atoms with van der Waals surface area (Å²) in [4.78, 5) is 25.6. The van der Waals surface area contributed by atoms with Gasteiger partial charge < -0.3 is 4.90 Å². The minimum Gasteiger partial charge on any atom is -0.305 e. The molecule has 0 bridgehead atoms. The Hall–Kier alpha value is -1.64. The molecule has 1 aliphatic rings. The van der Waals surface area contributed by atoms with Gasteiger partial charge in [0.15, 0.2) is 0 Å². The van der Waals surface area contributed by atoms with Crippen LogP contribution in [0.25, 0.3) is 0 Å². The molecule has 1 amide bonds. The van der Waals surface area contributed by atoms with Gasteiger partial charge >= 0.3 is 0 Å². The van der Waals surface area contributed by atoms with Crippen LogP contribution >= 0.6 is 0 Å². The Morgan fingerprint density at radius 2 is 1.83 bits per heavy atom. The monoisotopic (exact) mass is 245 g/mol. The Balaban J connectivity index is 2.41. The number of aryl methyl sites for hydroxylation is 2. The highest BCUT2D eigenvalue weighted by atomic mass is 16.2. The SMILES string of the molecule is Cc1cc(C)c2c(c1)N(CCC(C)C)C(=O)C2=O. The van der Waals surface area contributed by atoms with E-state index in [2.05, 4.69) is 13.8 Å². The van der Waals surface area contributed by atoms with Crippen LogP contribution in [0.4, 0.5) is 5.69 Å². The highest BCUT2D eigenvalue weighted by Gasteiger charge is 2.36. The number of amides is 1. The van der Waals surface area contributed by atoms with Crippen LogP contribution in [0.2, 0.25) is 0 Å². The summed E-state index contributed by atoms with van der Waals surface area (Å²) in [5.41, 5.74) is 3.37. The predicted octanol–water partition coefficient (Wildman–Crippen LogP) is 2.88. The summed E-state index contributed by atoms with van der Waals surface area (Å²) < 4.78 is 0. The molecule has 0 atom stereocenters. The number of anilines is 1. The molecule has 0 fully saturated rings. The lowest BCUT2D eigenvalue weighted by atomic mass is 10.0. The Morgan fingerprint density at radius 3 is 2.44 bits per heavy atom. The van der Waals surface area contributed by atoms with Crippen molar-refractivity contribution in [2.75, 3.05) is 11.4 Å². The third-order valence-corrected chi connectivity index (χ3v) is 3.35. The molecule has 0 N–H and O–H groups in total. The van der Waals surface area contributed by atoms with Gasteiger partial charge in [-0.2, -0.15) is 0 Å². The van der Waals surface area contributed by atoms with Crippen molar-refractivity contribution in [1.29, 1.82) is 0 Å². The van der Waals surface area contributed by atoms with Crippen LogP contribution in [0.15, 0.2) is 12.1 Å². The number of carbonyl (C=O) groups excluding carboxylic acids is 2. The van der Waals surface area contributed by atoms with Crippen LogP contribution < -0.4 is 4.90 Å². The minimum atomic E-state index is -0.376. The van der Waals surface area contributed by atoms with Gasteiger partial charge in [0.05, 0.1) is 11.3 Å². The molecule has 0 spiro atoms. The first-order valence-corrected chi connectivity index (χ1v) is 6.39. The van der Waals surface area contributed by atoms with E-state index in [1.54, 1.807) is 4.90 Å². The van der Waals surface area contributed by atoms with Crippen molar-refractivity contribution < 1.29 is 9.59 Å². The number of benzene rings is 1. The number of ketones is 1. The van der Waals surface area contributed by atoms with E-state index >= 15 is 0 Å². The zero-order valence-corrected chi connectivity index (χ0v) is 11.4. The summed E-state index contributed by atoms with van der Waals surface area (Å²) >= 11 is 0. The van der Waals surface area contributed by atoms with Gasteiger partial charge in [-0.05, 0) is 43.4 Å². The summed E-state index contributed by atoms with van der Waals surface area (Å²) in [6.07, 6.45) is 0.908. The van der Waals surface area contributed by atoms with E-state index in [9.17, 15) is 9.59 Å². The molecular weight excluding hydrogens is 226 g/mol. The van der Waals surface area contributed by atoms with Crippen LogP contribution in [0, 0.1) is 19.8 Å².